The van der Waals surface area contributed by atoms with Crippen molar-refractivity contribution in [2.24, 2.45) is 0 Å². The summed E-state index contributed by atoms with van der Waals surface area (Å²) >= 11 is 0. The van der Waals surface area contributed by atoms with E-state index in [2.05, 4.69) is 4.98 Å². The summed E-state index contributed by atoms with van der Waals surface area (Å²) in [6, 6.07) is 10.6. The van der Waals surface area contributed by atoms with Gasteiger partial charge in [-0.25, -0.2) is 4.79 Å². The molecule has 0 aliphatic heterocycles. The maximum Gasteiger partial charge on any atom is 0.339 e. The molecule has 106 valence electrons. The Kier molecular flexibility index (Phi) is 4.19. The zero-order valence-corrected chi connectivity index (χ0v) is 11.8. The average molecular weight is 282 g/mol. The summed E-state index contributed by atoms with van der Waals surface area (Å²) in [7, 11) is 1.30. The molecule has 1 heterocycles. The van der Waals surface area contributed by atoms with Crippen LogP contribution in [0.5, 0.6) is 0 Å². The number of hydrogen-bond acceptors (Lipinski definition) is 4. The van der Waals surface area contributed by atoms with E-state index in [1.807, 2.05) is 6.07 Å². The number of H-pyrrole nitrogens is 1. The first kappa shape index (κ1) is 14.5. The molecule has 2 rings (SSSR count). The quantitative estimate of drug-likeness (QED) is 0.872. The number of benzene rings is 1. The van der Waals surface area contributed by atoms with Crippen molar-refractivity contribution in [3.63, 3.8) is 0 Å². The van der Waals surface area contributed by atoms with Gasteiger partial charge in [-0.05, 0) is 30.7 Å². The molecule has 1 aromatic heterocycles. The first-order chi connectivity index (χ1) is 10.0. The van der Waals surface area contributed by atoms with Crippen molar-refractivity contribution >= 4 is 5.97 Å². The number of aryl methyl sites for hydroxylation is 1. The van der Waals surface area contributed by atoms with Crippen molar-refractivity contribution in [1.29, 1.82) is 5.26 Å². The molecule has 1 N–H and O–H groups in total. The monoisotopic (exact) mass is 282 g/mol. The Bertz CT molecular complexity index is 768. The van der Waals surface area contributed by atoms with E-state index in [1.165, 1.54) is 7.11 Å². The van der Waals surface area contributed by atoms with Gasteiger partial charge >= 0.3 is 5.97 Å². The van der Waals surface area contributed by atoms with Gasteiger partial charge in [-0.2, -0.15) is 5.26 Å². The second-order valence-electron chi connectivity index (χ2n) is 4.64. The lowest BCUT2D eigenvalue weighted by molar-refractivity contribution is 0.0599. The van der Waals surface area contributed by atoms with E-state index in [9.17, 15) is 9.59 Å². The number of aromatic amines is 1. The minimum Gasteiger partial charge on any atom is -0.465 e. The van der Waals surface area contributed by atoms with Crippen LogP contribution in [0, 0.1) is 18.3 Å². The third-order valence-electron chi connectivity index (χ3n) is 3.20. The van der Waals surface area contributed by atoms with E-state index in [0.717, 1.165) is 5.56 Å². The van der Waals surface area contributed by atoms with Crippen molar-refractivity contribution in [3.8, 4) is 6.07 Å². The fraction of sp³-hybridized carbons (Fsp3) is 0.188. The van der Waals surface area contributed by atoms with Crippen LogP contribution in [-0.4, -0.2) is 18.1 Å². The molecule has 0 unspecified atom stereocenters. The summed E-state index contributed by atoms with van der Waals surface area (Å²) in [5, 5.41) is 8.76. The van der Waals surface area contributed by atoms with Crippen LogP contribution in [0.4, 0.5) is 0 Å². The number of aromatic nitrogens is 1. The number of nitrogens with one attached hydrogen (secondary N) is 1. The zero-order chi connectivity index (χ0) is 15.4. The highest BCUT2D eigenvalue weighted by Crippen LogP contribution is 2.12. The summed E-state index contributed by atoms with van der Waals surface area (Å²) in [4.78, 5) is 26.3. The number of carbonyl (C=O) groups excluding carboxylic acids is 1. The van der Waals surface area contributed by atoms with Gasteiger partial charge in [0.05, 0.1) is 24.3 Å². The molecular formula is C16H14N2O3. The van der Waals surface area contributed by atoms with E-state index < -0.39 is 5.97 Å². The van der Waals surface area contributed by atoms with Crippen molar-refractivity contribution in [2.75, 3.05) is 7.11 Å². The van der Waals surface area contributed by atoms with E-state index >= 15 is 0 Å². The van der Waals surface area contributed by atoms with Crippen molar-refractivity contribution in [3.05, 3.63) is 68.6 Å². The Labute approximate surface area is 121 Å². The van der Waals surface area contributed by atoms with Crippen LogP contribution in [0.25, 0.3) is 0 Å². The van der Waals surface area contributed by atoms with Gasteiger partial charge in [-0.1, -0.05) is 12.1 Å². The molecule has 2 aromatic rings. The molecule has 0 saturated heterocycles. The molecule has 0 aliphatic rings. The second-order valence-corrected chi connectivity index (χ2v) is 4.64. The average Bonchev–Trinajstić information content (AvgIpc) is 2.50. The maximum absolute atomic E-state index is 12.0. The molecule has 5 heteroatoms. The standard InChI is InChI=1S/C16H14N2O3/c1-10-14(16(20)21-2)8-13(15(19)18-10)7-11-3-5-12(9-17)6-4-11/h3-6,8H,7H2,1-2H3,(H,18,19). The van der Waals surface area contributed by atoms with Gasteiger partial charge in [0.2, 0.25) is 0 Å². The first-order valence-electron chi connectivity index (χ1n) is 6.35. The third kappa shape index (κ3) is 3.18. The molecule has 5 nitrogen and oxygen atoms in total. The molecule has 0 saturated carbocycles. The molecular weight excluding hydrogens is 268 g/mol. The van der Waals surface area contributed by atoms with Gasteiger partial charge in [0.25, 0.3) is 5.56 Å². The number of ether oxygens (including phenoxy) is 1. The number of methoxy groups -OCH3 is 1. The summed E-state index contributed by atoms with van der Waals surface area (Å²) < 4.78 is 4.70. The van der Waals surface area contributed by atoms with Gasteiger partial charge in [-0.3, -0.25) is 4.79 Å². The number of carbonyl (C=O) groups is 1. The highest BCUT2D eigenvalue weighted by molar-refractivity contribution is 5.90. The topological polar surface area (TPSA) is 82.9 Å². The van der Waals surface area contributed by atoms with Crippen LogP contribution in [-0.2, 0) is 11.2 Å². The fourth-order valence-electron chi connectivity index (χ4n) is 2.04. The van der Waals surface area contributed by atoms with Gasteiger partial charge in [0.1, 0.15) is 0 Å². The number of nitriles is 1. The summed E-state index contributed by atoms with van der Waals surface area (Å²) in [5.74, 6) is -0.482. The zero-order valence-electron chi connectivity index (χ0n) is 11.8. The van der Waals surface area contributed by atoms with Crippen LogP contribution in [0.2, 0.25) is 0 Å². The van der Waals surface area contributed by atoms with Crippen molar-refractivity contribution < 1.29 is 9.53 Å². The normalized spacial score (nSPS) is 9.95. The number of pyridine rings is 1. The molecule has 0 spiro atoms. The second kappa shape index (κ2) is 6.06. The minimum absolute atomic E-state index is 0.232. The molecule has 0 radical (unpaired) electrons. The molecule has 1 aromatic carbocycles. The summed E-state index contributed by atoms with van der Waals surface area (Å²) in [6.45, 7) is 1.65. The first-order valence-corrected chi connectivity index (χ1v) is 6.35. The number of rotatable bonds is 3. The number of esters is 1. The van der Waals surface area contributed by atoms with Gasteiger partial charge < -0.3 is 9.72 Å². The van der Waals surface area contributed by atoms with Crippen LogP contribution in [0.3, 0.4) is 0 Å². The lowest BCUT2D eigenvalue weighted by atomic mass is 10.0. The Hall–Kier alpha value is -2.87. The predicted molar refractivity (Wildman–Crippen MR) is 77.1 cm³/mol. The SMILES string of the molecule is COC(=O)c1cc(Cc2ccc(C#N)cc2)c(=O)[nH]c1C. The summed E-state index contributed by atoms with van der Waals surface area (Å²) in [6.07, 6.45) is 0.380. The Balaban J connectivity index is 2.37. The van der Waals surface area contributed by atoms with Gasteiger partial charge in [0.15, 0.2) is 0 Å². The molecule has 0 aliphatic carbocycles. The van der Waals surface area contributed by atoms with Crippen LogP contribution in [0.15, 0.2) is 35.1 Å². The minimum atomic E-state index is -0.482. The highest BCUT2D eigenvalue weighted by Gasteiger charge is 2.13. The van der Waals surface area contributed by atoms with Crippen molar-refractivity contribution in [2.45, 2.75) is 13.3 Å². The number of hydrogen-bond donors (Lipinski definition) is 1. The molecule has 0 fully saturated rings. The predicted octanol–water partition coefficient (Wildman–Crippen LogP) is 1.93. The van der Waals surface area contributed by atoms with Crippen molar-refractivity contribution in [1.82, 2.24) is 4.98 Å². The maximum atomic E-state index is 12.0. The van der Waals surface area contributed by atoms with E-state index in [4.69, 9.17) is 10.00 Å². The molecule has 0 atom stereocenters. The lowest BCUT2D eigenvalue weighted by Gasteiger charge is -2.07. The Morgan fingerprint density at radius 1 is 1.33 bits per heavy atom. The molecule has 0 amide bonds. The molecule has 0 bridgehead atoms. The van der Waals surface area contributed by atoms with E-state index in [-0.39, 0.29) is 5.56 Å². The highest BCUT2D eigenvalue weighted by atomic mass is 16.5. The fourth-order valence-corrected chi connectivity index (χ4v) is 2.04. The lowest BCUT2D eigenvalue weighted by Crippen LogP contribution is -2.18. The Morgan fingerprint density at radius 2 is 2.00 bits per heavy atom. The Morgan fingerprint density at radius 3 is 2.57 bits per heavy atom. The molecule has 21 heavy (non-hydrogen) atoms. The number of nitrogens with zero attached hydrogens (tertiary/aromatic N) is 1. The van der Waals surface area contributed by atoms with E-state index in [1.54, 1.807) is 37.3 Å². The van der Waals surface area contributed by atoms with Gasteiger partial charge in [-0.15, -0.1) is 0 Å². The van der Waals surface area contributed by atoms with Crippen LogP contribution >= 0.6 is 0 Å². The van der Waals surface area contributed by atoms with Gasteiger partial charge in [0, 0.05) is 17.7 Å². The third-order valence-corrected chi connectivity index (χ3v) is 3.20. The smallest absolute Gasteiger partial charge is 0.339 e. The van der Waals surface area contributed by atoms with Crippen LogP contribution in [0.1, 0.15) is 32.7 Å². The van der Waals surface area contributed by atoms with E-state index in [0.29, 0.717) is 28.8 Å². The van der Waals surface area contributed by atoms with Crippen LogP contribution < -0.4 is 5.56 Å². The summed E-state index contributed by atoms with van der Waals surface area (Å²) in [5.41, 5.74) is 2.53. The largest absolute Gasteiger partial charge is 0.465 e.